The number of rotatable bonds is 5. The highest BCUT2D eigenvalue weighted by Crippen LogP contribution is 2.21. The largest absolute Gasteiger partial charge is 0.344 e. The summed E-state index contributed by atoms with van der Waals surface area (Å²) >= 11 is 3.29. The predicted octanol–water partition coefficient (Wildman–Crippen LogP) is 4.36. The van der Waals surface area contributed by atoms with Crippen LogP contribution >= 0.6 is 15.9 Å². The molecule has 0 saturated heterocycles. The lowest BCUT2D eigenvalue weighted by molar-refractivity contribution is 0.0926. The number of amides is 1. The maximum absolute atomic E-state index is 12.4. The van der Waals surface area contributed by atoms with Gasteiger partial charge in [0.25, 0.3) is 5.91 Å². The average molecular weight is 347 g/mol. The van der Waals surface area contributed by atoms with E-state index in [-0.39, 0.29) is 11.9 Å². The van der Waals surface area contributed by atoms with Crippen molar-refractivity contribution in [3.8, 4) is 0 Å². The van der Waals surface area contributed by atoms with E-state index < -0.39 is 0 Å². The van der Waals surface area contributed by atoms with Gasteiger partial charge in [-0.15, -0.1) is 0 Å². The lowest BCUT2D eigenvalue weighted by Crippen LogP contribution is -2.30. The minimum absolute atomic E-state index is 0.000480. The topological polar surface area (TPSA) is 42.0 Å². The number of carbonyl (C=O) groups excluding carboxylic acids is 1. The lowest BCUT2D eigenvalue weighted by Gasteiger charge is -2.21. The Morgan fingerprint density at radius 2 is 1.86 bits per heavy atom. The molecule has 0 fully saturated rings. The first-order chi connectivity index (χ1) is 10.1. The first kappa shape index (κ1) is 15.7. The van der Waals surface area contributed by atoms with Crippen LogP contribution < -0.4 is 5.32 Å². The standard InChI is InChI=1S/C17H19BrN2O/c1-12(2)11-15(13-7-4-3-5-8-13)20-17(21)14-9-6-10-16(18)19-14/h3-10,12,15H,11H2,1-2H3,(H,20,21). The van der Waals surface area contributed by atoms with E-state index in [4.69, 9.17) is 0 Å². The van der Waals surface area contributed by atoms with Gasteiger partial charge < -0.3 is 5.32 Å². The van der Waals surface area contributed by atoms with E-state index in [2.05, 4.69) is 40.1 Å². The van der Waals surface area contributed by atoms with Crippen molar-refractivity contribution in [2.24, 2.45) is 5.92 Å². The van der Waals surface area contributed by atoms with Crippen molar-refractivity contribution in [2.45, 2.75) is 26.3 Å². The molecule has 4 heteroatoms. The van der Waals surface area contributed by atoms with Crippen LogP contribution in [0.4, 0.5) is 0 Å². The summed E-state index contributed by atoms with van der Waals surface area (Å²) in [6.45, 7) is 4.30. The van der Waals surface area contributed by atoms with Crippen molar-refractivity contribution in [3.63, 3.8) is 0 Å². The second-order valence-electron chi connectivity index (χ2n) is 5.41. The van der Waals surface area contributed by atoms with E-state index in [1.807, 2.05) is 36.4 Å². The molecule has 0 radical (unpaired) electrons. The third kappa shape index (κ3) is 4.67. The summed E-state index contributed by atoms with van der Waals surface area (Å²) in [5.41, 5.74) is 1.55. The van der Waals surface area contributed by atoms with Crippen LogP contribution in [0.25, 0.3) is 0 Å². The first-order valence-electron chi connectivity index (χ1n) is 7.04. The maximum atomic E-state index is 12.4. The Bertz CT molecular complexity index is 599. The van der Waals surface area contributed by atoms with Crippen LogP contribution in [0.2, 0.25) is 0 Å². The summed E-state index contributed by atoms with van der Waals surface area (Å²) in [7, 11) is 0. The SMILES string of the molecule is CC(C)CC(NC(=O)c1cccc(Br)n1)c1ccccc1. The molecule has 3 nitrogen and oxygen atoms in total. The van der Waals surface area contributed by atoms with Gasteiger partial charge in [0.15, 0.2) is 0 Å². The minimum Gasteiger partial charge on any atom is -0.344 e. The third-order valence-electron chi connectivity index (χ3n) is 3.16. The van der Waals surface area contributed by atoms with E-state index >= 15 is 0 Å². The van der Waals surface area contributed by atoms with Crippen molar-refractivity contribution in [1.29, 1.82) is 0 Å². The number of carbonyl (C=O) groups is 1. The van der Waals surface area contributed by atoms with E-state index in [1.165, 1.54) is 0 Å². The van der Waals surface area contributed by atoms with Gasteiger partial charge in [-0.25, -0.2) is 4.98 Å². The molecule has 1 heterocycles. The normalized spacial score (nSPS) is 12.2. The number of nitrogens with one attached hydrogen (secondary N) is 1. The molecule has 2 rings (SSSR count). The van der Waals surface area contributed by atoms with Gasteiger partial charge in [-0.05, 0) is 46.0 Å². The number of hydrogen-bond donors (Lipinski definition) is 1. The number of hydrogen-bond acceptors (Lipinski definition) is 2. The molecule has 1 N–H and O–H groups in total. The minimum atomic E-state index is -0.147. The molecule has 0 bridgehead atoms. The fraction of sp³-hybridized carbons (Fsp3) is 0.294. The van der Waals surface area contributed by atoms with Crippen LogP contribution in [-0.4, -0.2) is 10.9 Å². The molecular weight excluding hydrogens is 328 g/mol. The molecule has 0 saturated carbocycles. The lowest BCUT2D eigenvalue weighted by atomic mass is 9.97. The van der Waals surface area contributed by atoms with Gasteiger partial charge in [-0.3, -0.25) is 4.79 Å². The maximum Gasteiger partial charge on any atom is 0.270 e. The Morgan fingerprint density at radius 1 is 1.14 bits per heavy atom. The van der Waals surface area contributed by atoms with Gasteiger partial charge >= 0.3 is 0 Å². The van der Waals surface area contributed by atoms with Crippen LogP contribution in [0.15, 0.2) is 53.1 Å². The number of pyridine rings is 1. The van der Waals surface area contributed by atoms with Crippen LogP contribution in [0, 0.1) is 5.92 Å². The van der Waals surface area contributed by atoms with Crippen molar-refractivity contribution in [1.82, 2.24) is 10.3 Å². The van der Waals surface area contributed by atoms with Crippen molar-refractivity contribution < 1.29 is 4.79 Å². The molecular formula is C17H19BrN2O. The Balaban J connectivity index is 2.17. The van der Waals surface area contributed by atoms with E-state index in [0.717, 1.165) is 12.0 Å². The molecule has 0 aliphatic heterocycles. The molecule has 0 spiro atoms. The van der Waals surface area contributed by atoms with Gasteiger partial charge in [-0.1, -0.05) is 50.2 Å². The molecule has 1 aromatic heterocycles. The van der Waals surface area contributed by atoms with Crippen molar-refractivity contribution in [3.05, 3.63) is 64.4 Å². The molecule has 1 unspecified atom stereocenters. The summed E-state index contributed by atoms with van der Waals surface area (Å²) in [6.07, 6.45) is 0.893. The van der Waals surface area contributed by atoms with Gasteiger partial charge in [-0.2, -0.15) is 0 Å². The molecule has 1 aromatic carbocycles. The Kier molecular flexibility index (Phi) is 5.51. The first-order valence-corrected chi connectivity index (χ1v) is 7.84. The highest BCUT2D eigenvalue weighted by molar-refractivity contribution is 9.10. The number of aromatic nitrogens is 1. The summed E-state index contributed by atoms with van der Waals surface area (Å²) in [4.78, 5) is 16.6. The second kappa shape index (κ2) is 7.36. The summed E-state index contributed by atoms with van der Waals surface area (Å²) in [5.74, 6) is 0.344. The van der Waals surface area contributed by atoms with Crippen LogP contribution in [0.1, 0.15) is 42.4 Å². The zero-order valence-corrected chi connectivity index (χ0v) is 13.8. The van der Waals surface area contributed by atoms with Crippen molar-refractivity contribution >= 4 is 21.8 Å². The molecule has 2 aromatic rings. The zero-order valence-electron chi connectivity index (χ0n) is 12.2. The van der Waals surface area contributed by atoms with Crippen LogP contribution in [0.5, 0.6) is 0 Å². The fourth-order valence-corrected chi connectivity index (χ4v) is 2.55. The third-order valence-corrected chi connectivity index (χ3v) is 3.60. The summed E-state index contributed by atoms with van der Waals surface area (Å²) < 4.78 is 0.662. The molecule has 1 amide bonds. The zero-order chi connectivity index (χ0) is 15.2. The summed E-state index contributed by atoms with van der Waals surface area (Å²) in [6, 6.07) is 15.4. The van der Waals surface area contributed by atoms with Crippen LogP contribution in [0.3, 0.4) is 0 Å². The van der Waals surface area contributed by atoms with E-state index in [9.17, 15) is 4.79 Å². The highest BCUT2D eigenvalue weighted by atomic mass is 79.9. The van der Waals surface area contributed by atoms with E-state index in [0.29, 0.717) is 16.2 Å². The quantitative estimate of drug-likeness (QED) is 0.817. The average Bonchev–Trinajstić information content (AvgIpc) is 2.47. The Labute approximate surface area is 133 Å². The summed E-state index contributed by atoms with van der Waals surface area (Å²) in [5, 5.41) is 3.09. The smallest absolute Gasteiger partial charge is 0.270 e. The number of halogens is 1. The molecule has 110 valence electrons. The van der Waals surface area contributed by atoms with Gasteiger partial charge in [0.05, 0.1) is 6.04 Å². The molecule has 0 aliphatic carbocycles. The van der Waals surface area contributed by atoms with Gasteiger partial charge in [0.1, 0.15) is 10.3 Å². The van der Waals surface area contributed by atoms with Gasteiger partial charge in [0.2, 0.25) is 0 Å². The Morgan fingerprint density at radius 3 is 2.48 bits per heavy atom. The monoisotopic (exact) mass is 346 g/mol. The molecule has 1 atom stereocenters. The van der Waals surface area contributed by atoms with Crippen LogP contribution in [-0.2, 0) is 0 Å². The van der Waals surface area contributed by atoms with Crippen molar-refractivity contribution in [2.75, 3.05) is 0 Å². The second-order valence-corrected chi connectivity index (χ2v) is 6.22. The molecule has 21 heavy (non-hydrogen) atoms. The number of nitrogens with zero attached hydrogens (tertiary/aromatic N) is 1. The Hall–Kier alpha value is -1.68. The predicted molar refractivity (Wildman–Crippen MR) is 88.0 cm³/mol. The van der Waals surface area contributed by atoms with Gasteiger partial charge in [0, 0.05) is 0 Å². The fourth-order valence-electron chi connectivity index (χ4n) is 2.20. The van der Waals surface area contributed by atoms with E-state index in [1.54, 1.807) is 12.1 Å². The highest BCUT2D eigenvalue weighted by Gasteiger charge is 2.17. The molecule has 0 aliphatic rings. The number of benzene rings is 1.